The molecule has 4 aromatic carbocycles. The molecule has 6 nitrogen and oxygen atoms in total. The standard InChI is InChI=1S/C35H35N3O3/c1-22(26-9-8-10-28(19-26)35(3,4)5)36-33(39)27-17-18-32-31(20-27)23(2)37-38(32)21-24-13-15-25(16-14-24)29-11-6-7-12-30(29)34(40)41/h6-20,22H,21H2,1-5H3,(H,36,39)(H,40,41)/t22-/m0/s1. The molecule has 0 spiro atoms. The zero-order valence-electron chi connectivity index (χ0n) is 24.1. The number of fused-ring (bicyclic) bond motifs is 1. The minimum Gasteiger partial charge on any atom is -0.478 e. The van der Waals surface area contributed by atoms with Crippen molar-refractivity contribution in [1.29, 1.82) is 0 Å². The van der Waals surface area contributed by atoms with Crippen LogP contribution in [0.3, 0.4) is 0 Å². The minimum absolute atomic E-state index is 0.0380. The first kappa shape index (κ1) is 27.8. The predicted molar refractivity (Wildman–Crippen MR) is 163 cm³/mol. The van der Waals surface area contributed by atoms with E-state index in [1.54, 1.807) is 12.1 Å². The Labute approximate surface area is 240 Å². The van der Waals surface area contributed by atoms with Gasteiger partial charge in [0.1, 0.15) is 0 Å². The van der Waals surface area contributed by atoms with Gasteiger partial charge in [0.15, 0.2) is 0 Å². The Hall–Kier alpha value is -4.71. The molecule has 0 bridgehead atoms. The first-order valence-corrected chi connectivity index (χ1v) is 13.8. The van der Waals surface area contributed by atoms with Crippen LogP contribution in [-0.2, 0) is 12.0 Å². The first-order chi connectivity index (χ1) is 19.5. The molecule has 1 atom stereocenters. The van der Waals surface area contributed by atoms with Crippen LogP contribution in [-0.4, -0.2) is 26.8 Å². The molecule has 0 aliphatic rings. The number of aromatic nitrogens is 2. The predicted octanol–water partition coefficient (Wildman–Crippen LogP) is 7.55. The Bertz CT molecular complexity index is 1740. The van der Waals surface area contributed by atoms with Gasteiger partial charge in [0.25, 0.3) is 5.91 Å². The fourth-order valence-electron chi connectivity index (χ4n) is 5.12. The molecule has 0 saturated carbocycles. The zero-order chi connectivity index (χ0) is 29.3. The number of nitrogens with zero attached hydrogens (tertiary/aromatic N) is 2. The van der Waals surface area contributed by atoms with Gasteiger partial charge in [0, 0.05) is 10.9 Å². The third kappa shape index (κ3) is 5.92. The summed E-state index contributed by atoms with van der Waals surface area (Å²) in [6, 6.07) is 28.8. The summed E-state index contributed by atoms with van der Waals surface area (Å²) in [7, 11) is 0. The molecule has 0 saturated heterocycles. The number of amides is 1. The van der Waals surface area contributed by atoms with Crippen molar-refractivity contribution in [3.63, 3.8) is 0 Å². The molecule has 0 aliphatic carbocycles. The van der Waals surface area contributed by atoms with Crippen LogP contribution < -0.4 is 5.32 Å². The molecule has 41 heavy (non-hydrogen) atoms. The monoisotopic (exact) mass is 545 g/mol. The number of aryl methyl sites for hydroxylation is 1. The molecule has 1 aromatic heterocycles. The Morgan fingerprint density at radius 3 is 2.37 bits per heavy atom. The molecule has 2 N–H and O–H groups in total. The van der Waals surface area contributed by atoms with E-state index in [2.05, 4.69) is 44.3 Å². The van der Waals surface area contributed by atoms with Gasteiger partial charge in [-0.2, -0.15) is 5.10 Å². The summed E-state index contributed by atoms with van der Waals surface area (Å²) >= 11 is 0. The second-order valence-corrected chi connectivity index (χ2v) is 11.6. The lowest BCUT2D eigenvalue weighted by Gasteiger charge is -2.22. The molecule has 1 heterocycles. The molecule has 1 amide bonds. The summed E-state index contributed by atoms with van der Waals surface area (Å²) in [6.45, 7) is 11.1. The lowest BCUT2D eigenvalue weighted by molar-refractivity contribution is 0.0697. The van der Waals surface area contributed by atoms with Gasteiger partial charge in [0.05, 0.1) is 29.4 Å². The highest BCUT2D eigenvalue weighted by Gasteiger charge is 2.18. The Balaban J connectivity index is 1.33. The van der Waals surface area contributed by atoms with Crippen LogP contribution in [0.1, 0.15) is 76.8 Å². The number of carboxylic acids is 1. The van der Waals surface area contributed by atoms with Gasteiger partial charge in [-0.15, -0.1) is 0 Å². The number of nitrogens with one attached hydrogen (secondary N) is 1. The number of carbonyl (C=O) groups is 2. The van der Waals surface area contributed by atoms with Gasteiger partial charge >= 0.3 is 5.97 Å². The van der Waals surface area contributed by atoms with E-state index in [0.717, 1.165) is 33.3 Å². The summed E-state index contributed by atoms with van der Waals surface area (Å²) in [5, 5.41) is 18.4. The van der Waals surface area contributed by atoms with Gasteiger partial charge < -0.3 is 10.4 Å². The fourth-order valence-corrected chi connectivity index (χ4v) is 5.12. The van der Waals surface area contributed by atoms with E-state index in [1.165, 1.54) is 5.56 Å². The maximum Gasteiger partial charge on any atom is 0.336 e. The molecule has 0 unspecified atom stereocenters. The van der Waals surface area contributed by atoms with E-state index < -0.39 is 5.97 Å². The molecule has 208 valence electrons. The van der Waals surface area contributed by atoms with Crippen molar-refractivity contribution in [3.8, 4) is 11.1 Å². The molecule has 0 fully saturated rings. The number of hydrogen-bond acceptors (Lipinski definition) is 3. The van der Waals surface area contributed by atoms with Crippen LogP contribution in [0.4, 0.5) is 0 Å². The van der Waals surface area contributed by atoms with Crippen LogP contribution in [0, 0.1) is 6.92 Å². The maximum absolute atomic E-state index is 13.2. The molecular weight excluding hydrogens is 510 g/mol. The van der Waals surface area contributed by atoms with Crippen molar-refractivity contribution in [2.45, 2.75) is 52.6 Å². The van der Waals surface area contributed by atoms with E-state index in [4.69, 9.17) is 5.10 Å². The van der Waals surface area contributed by atoms with Crippen LogP contribution in [0.2, 0.25) is 0 Å². The molecule has 5 rings (SSSR count). The maximum atomic E-state index is 13.2. The average molecular weight is 546 g/mol. The number of benzene rings is 4. The Morgan fingerprint density at radius 2 is 1.66 bits per heavy atom. The van der Waals surface area contributed by atoms with Gasteiger partial charge in [-0.25, -0.2) is 4.79 Å². The summed E-state index contributed by atoms with van der Waals surface area (Å²) in [5.41, 5.74) is 7.61. The smallest absolute Gasteiger partial charge is 0.336 e. The minimum atomic E-state index is -0.944. The SMILES string of the molecule is Cc1nn(Cc2ccc(-c3ccccc3C(=O)O)cc2)c2ccc(C(=O)N[C@@H](C)c3cccc(C(C)(C)C)c3)cc12. The lowest BCUT2D eigenvalue weighted by atomic mass is 9.85. The molecule has 0 radical (unpaired) electrons. The number of hydrogen-bond donors (Lipinski definition) is 2. The number of carboxylic acid groups (broad SMARTS) is 1. The summed E-state index contributed by atoms with van der Waals surface area (Å²) < 4.78 is 1.94. The van der Waals surface area contributed by atoms with Gasteiger partial charge in [-0.3, -0.25) is 9.48 Å². The zero-order valence-corrected chi connectivity index (χ0v) is 24.1. The van der Waals surface area contributed by atoms with E-state index in [9.17, 15) is 14.7 Å². The lowest BCUT2D eigenvalue weighted by Crippen LogP contribution is -2.27. The average Bonchev–Trinajstić information content (AvgIpc) is 3.27. The third-order valence-corrected chi connectivity index (χ3v) is 7.55. The highest BCUT2D eigenvalue weighted by Crippen LogP contribution is 2.27. The van der Waals surface area contributed by atoms with Crippen LogP contribution in [0.15, 0.2) is 91.0 Å². The van der Waals surface area contributed by atoms with Gasteiger partial charge in [0.2, 0.25) is 0 Å². The van der Waals surface area contributed by atoms with E-state index in [-0.39, 0.29) is 22.9 Å². The van der Waals surface area contributed by atoms with E-state index in [0.29, 0.717) is 17.7 Å². The van der Waals surface area contributed by atoms with Crippen LogP contribution in [0.5, 0.6) is 0 Å². The van der Waals surface area contributed by atoms with E-state index in [1.807, 2.05) is 79.2 Å². The van der Waals surface area contributed by atoms with Crippen molar-refractivity contribution in [3.05, 3.63) is 125 Å². The van der Waals surface area contributed by atoms with Crippen molar-refractivity contribution in [2.24, 2.45) is 0 Å². The second-order valence-electron chi connectivity index (χ2n) is 11.6. The van der Waals surface area contributed by atoms with Crippen molar-refractivity contribution < 1.29 is 14.7 Å². The summed E-state index contributed by atoms with van der Waals surface area (Å²) in [5.74, 6) is -1.06. The first-order valence-electron chi connectivity index (χ1n) is 13.8. The summed E-state index contributed by atoms with van der Waals surface area (Å²) in [6.07, 6.45) is 0. The Morgan fingerprint density at radius 1 is 0.927 bits per heavy atom. The number of aromatic carboxylic acids is 1. The number of rotatable bonds is 7. The largest absolute Gasteiger partial charge is 0.478 e. The Kier molecular flexibility index (Phi) is 7.50. The summed E-state index contributed by atoms with van der Waals surface area (Å²) in [4.78, 5) is 24.8. The van der Waals surface area contributed by atoms with Crippen molar-refractivity contribution in [1.82, 2.24) is 15.1 Å². The van der Waals surface area contributed by atoms with Crippen LogP contribution >= 0.6 is 0 Å². The quantitative estimate of drug-likeness (QED) is 0.221. The van der Waals surface area contributed by atoms with Gasteiger partial charge in [-0.05, 0) is 71.3 Å². The topological polar surface area (TPSA) is 84.2 Å². The third-order valence-electron chi connectivity index (χ3n) is 7.55. The van der Waals surface area contributed by atoms with Gasteiger partial charge in [-0.1, -0.05) is 87.5 Å². The highest BCUT2D eigenvalue weighted by molar-refractivity contribution is 5.99. The molecule has 6 heteroatoms. The highest BCUT2D eigenvalue weighted by atomic mass is 16.4. The van der Waals surface area contributed by atoms with Crippen molar-refractivity contribution >= 4 is 22.8 Å². The normalized spacial score (nSPS) is 12.3. The van der Waals surface area contributed by atoms with Crippen LogP contribution in [0.25, 0.3) is 22.0 Å². The second kappa shape index (κ2) is 11.0. The fraction of sp³-hybridized carbons (Fsp3) is 0.229. The van der Waals surface area contributed by atoms with E-state index >= 15 is 0 Å². The molecular formula is C35H35N3O3. The van der Waals surface area contributed by atoms with Crippen molar-refractivity contribution in [2.75, 3.05) is 0 Å². The number of carbonyl (C=O) groups excluding carboxylic acids is 1. The molecule has 0 aliphatic heterocycles. The molecule has 5 aromatic rings.